The van der Waals surface area contributed by atoms with Crippen molar-refractivity contribution >= 4 is 43.4 Å². The highest BCUT2D eigenvalue weighted by Gasteiger charge is 2.17. The van der Waals surface area contributed by atoms with Crippen LogP contribution in [-0.4, -0.2) is 9.55 Å². The number of nitrogens with zero attached hydrogens (tertiary/aromatic N) is 2. The average molecular weight is 497 g/mol. The minimum Gasteiger partial charge on any atom is -0.308 e. The quantitative estimate of drug-likeness (QED) is 0.223. The van der Waals surface area contributed by atoms with Crippen LogP contribution >= 0.6 is 0 Å². The number of rotatable bonds is 3. The second-order valence-electron chi connectivity index (χ2n) is 9.98. The summed E-state index contributed by atoms with van der Waals surface area (Å²) in [5.74, 6) is 0. The zero-order chi connectivity index (χ0) is 25.8. The second kappa shape index (κ2) is 8.68. The Morgan fingerprint density at radius 1 is 0.385 bits per heavy atom. The molecule has 0 aliphatic carbocycles. The van der Waals surface area contributed by atoms with E-state index in [4.69, 9.17) is 4.98 Å². The molecule has 2 heterocycles. The smallest absolute Gasteiger partial charge is 0.0716 e. The standard InChI is InChI=1S/C37H24N2/c1-2-12-25(13-3-1)36-29-16-4-6-18-31(29)37(32-19-7-5-17-30(32)36)33-23-22-26(24-38-33)39-34-20-10-8-14-27(34)28-15-9-11-21-35(28)39/h1-24H. The van der Waals surface area contributed by atoms with Crippen LogP contribution < -0.4 is 0 Å². The Hall–Kier alpha value is -5.21. The van der Waals surface area contributed by atoms with Crippen molar-refractivity contribution in [1.29, 1.82) is 0 Å². The maximum absolute atomic E-state index is 5.10. The van der Waals surface area contributed by atoms with E-state index in [-0.39, 0.29) is 0 Å². The van der Waals surface area contributed by atoms with Crippen molar-refractivity contribution in [2.45, 2.75) is 0 Å². The number of benzene rings is 6. The fraction of sp³-hybridized carbons (Fsp3) is 0. The Morgan fingerprint density at radius 2 is 0.846 bits per heavy atom. The van der Waals surface area contributed by atoms with Gasteiger partial charge >= 0.3 is 0 Å². The second-order valence-corrected chi connectivity index (χ2v) is 9.98. The molecule has 8 rings (SSSR count). The first kappa shape index (κ1) is 21.8. The van der Waals surface area contributed by atoms with Gasteiger partial charge in [-0.2, -0.15) is 0 Å². The van der Waals surface area contributed by atoms with Crippen molar-refractivity contribution in [3.63, 3.8) is 0 Å². The molecule has 39 heavy (non-hydrogen) atoms. The lowest BCUT2D eigenvalue weighted by molar-refractivity contribution is 1.14. The molecule has 182 valence electrons. The summed E-state index contributed by atoms with van der Waals surface area (Å²) in [5.41, 5.74) is 8.10. The number of fused-ring (bicyclic) bond motifs is 5. The Kier molecular flexibility index (Phi) is 4.86. The van der Waals surface area contributed by atoms with Gasteiger partial charge < -0.3 is 4.57 Å². The maximum Gasteiger partial charge on any atom is 0.0716 e. The van der Waals surface area contributed by atoms with Crippen LogP contribution in [0.15, 0.2) is 146 Å². The van der Waals surface area contributed by atoms with E-state index in [1.54, 1.807) is 0 Å². The van der Waals surface area contributed by atoms with E-state index in [0.29, 0.717) is 0 Å². The van der Waals surface area contributed by atoms with Gasteiger partial charge in [0, 0.05) is 16.3 Å². The van der Waals surface area contributed by atoms with Crippen LogP contribution in [0.2, 0.25) is 0 Å². The van der Waals surface area contributed by atoms with Crippen LogP contribution in [0, 0.1) is 0 Å². The first-order valence-electron chi connectivity index (χ1n) is 13.3. The number of hydrogen-bond donors (Lipinski definition) is 0. The minimum absolute atomic E-state index is 0.978. The van der Waals surface area contributed by atoms with Crippen LogP contribution in [0.4, 0.5) is 0 Å². The van der Waals surface area contributed by atoms with Crippen molar-refractivity contribution in [1.82, 2.24) is 9.55 Å². The van der Waals surface area contributed by atoms with Gasteiger partial charge in [-0.15, -0.1) is 0 Å². The SMILES string of the molecule is c1ccc(-c2c3ccccc3c(-c3ccc(-n4c5ccccc5c5ccccc54)cn3)c3ccccc23)cc1. The molecule has 2 aromatic heterocycles. The molecule has 6 aromatic carbocycles. The molecule has 0 saturated heterocycles. The highest BCUT2D eigenvalue weighted by molar-refractivity contribution is 6.21. The van der Waals surface area contributed by atoms with E-state index in [9.17, 15) is 0 Å². The van der Waals surface area contributed by atoms with Crippen molar-refractivity contribution in [2.75, 3.05) is 0 Å². The molecule has 0 amide bonds. The van der Waals surface area contributed by atoms with Crippen molar-refractivity contribution in [3.05, 3.63) is 146 Å². The van der Waals surface area contributed by atoms with Gasteiger partial charge in [0.25, 0.3) is 0 Å². The van der Waals surface area contributed by atoms with Crippen molar-refractivity contribution < 1.29 is 0 Å². The van der Waals surface area contributed by atoms with Crippen LogP contribution in [-0.2, 0) is 0 Å². The van der Waals surface area contributed by atoms with Gasteiger partial charge in [-0.05, 0) is 56.9 Å². The molecular formula is C37H24N2. The molecule has 2 heteroatoms. The minimum atomic E-state index is 0.978. The fourth-order valence-electron chi connectivity index (χ4n) is 6.19. The van der Waals surface area contributed by atoms with Crippen molar-refractivity contribution in [2.24, 2.45) is 0 Å². The normalized spacial score (nSPS) is 11.6. The van der Waals surface area contributed by atoms with Gasteiger partial charge in [0.15, 0.2) is 0 Å². The molecule has 0 unspecified atom stereocenters. The summed E-state index contributed by atoms with van der Waals surface area (Å²) in [7, 11) is 0. The third-order valence-corrected chi connectivity index (χ3v) is 7.84. The van der Waals surface area contributed by atoms with Gasteiger partial charge in [-0.25, -0.2) is 0 Å². The highest BCUT2D eigenvalue weighted by atomic mass is 15.0. The average Bonchev–Trinajstić information content (AvgIpc) is 3.35. The molecule has 0 bridgehead atoms. The van der Waals surface area contributed by atoms with Gasteiger partial charge in [0.2, 0.25) is 0 Å². The first-order valence-corrected chi connectivity index (χ1v) is 13.3. The summed E-state index contributed by atoms with van der Waals surface area (Å²) >= 11 is 0. The third-order valence-electron chi connectivity index (χ3n) is 7.84. The number of hydrogen-bond acceptors (Lipinski definition) is 1. The first-order chi connectivity index (χ1) is 19.4. The fourth-order valence-corrected chi connectivity index (χ4v) is 6.19. The maximum atomic E-state index is 5.10. The predicted molar refractivity (Wildman–Crippen MR) is 164 cm³/mol. The molecule has 8 aromatic rings. The number of pyridine rings is 1. The topological polar surface area (TPSA) is 17.8 Å². The summed E-state index contributed by atoms with van der Waals surface area (Å²) in [6.45, 7) is 0. The van der Waals surface area contributed by atoms with Crippen LogP contribution in [0.5, 0.6) is 0 Å². The summed E-state index contributed by atoms with van der Waals surface area (Å²) in [6.07, 6.45) is 2.02. The van der Waals surface area contributed by atoms with Crippen molar-refractivity contribution in [3.8, 4) is 28.1 Å². The van der Waals surface area contributed by atoms with Gasteiger partial charge in [0.05, 0.1) is 28.6 Å². The lowest BCUT2D eigenvalue weighted by Gasteiger charge is -2.17. The molecule has 2 nitrogen and oxygen atoms in total. The number of aromatic nitrogens is 2. The van der Waals surface area contributed by atoms with Crippen LogP contribution in [0.25, 0.3) is 71.4 Å². The lowest BCUT2D eigenvalue weighted by atomic mass is 9.87. The largest absolute Gasteiger partial charge is 0.308 e. The van der Waals surface area contributed by atoms with E-state index in [2.05, 4.69) is 144 Å². The molecule has 0 aliphatic rings. The summed E-state index contributed by atoms with van der Waals surface area (Å²) in [4.78, 5) is 5.10. The van der Waals surface area contributed by atoms with E-state index < -0.39 is 0 Å². The highest BCUT2D eigenvalue weighted by Crippen LogP contribution is 2.43. The van der Waals surface area contributed by atoms with E-state index in [1.807, 2.05) is 6.20 Å². The van der Waals surface area contributed by atoms with Gasteiger partial charge in [-0.3, -0.25) is 4.98 Å². The Labute approximate surface area is 226 Å². The lowest BCUT2D eigenvalue weighted by Crippen LogP contribution is -1.96. The molecule has 0 aliphatic heterocycles. The monoisotopic (exact) mass is 496 g/mol. The van der Waals surface area contributed by atoms with E-state index in [1.165, 1.54) is 60.0 Å². The molecule has 0 atom stereocenters. The third kappa shape index (κ3) is 3.32. The summed E-state index contributed by atoms with van der Waals surface area (Å²) in [5, 5.41) is 7.42. The van der Waals surface area contributed by atoms with Crippen LogP contribution in [0.3, 0.4) is 0 Å². The molecule has 0 saturated carbocycles. The Morgan fingerprint density at radius 3 is 1.36 bits per heavy atom. The molecule has 0 N–H and O–H groups in total. The zero-order valence-electron chi connectivity index (χ0n) is 21.3. The van der Waals surface area contributed by atoms with E-state index in [0.717, 1.165) is 11.4 Å². The molecule has 0 fully saturated rings. The van der Waals surface area contributed by atoms with Crippen LogP contribution in [0.1, 0.15) is 0 Å². The predicted octanol–water partition coefficient (Wildman–Crippen LogP) is 9.82. The van der Waals surface area contributed by atoms with E-state index >= 15 is 0 Å². The Bertz CT molecular complexity index is 2040. The van der Waals surface area contributed by atoms with Gasteiger partial charge in [-0.1, -0.05) is 115 Å². The molecule has 0 spiro atoms. The summed E-state index contributed by atoms with van der Waals surface area (Å²) in [6, 6.07) is 49.7. The molecular weight excluding hydrogens is 472 g/mol. The van der Waals surface area contributed by atoms with Gasteiger partial charge in [0.1, 0.15) is 0 Å². The number of para-hydroxylation sites is 2. The summed E-state index contributed by atoms with van der Waals surface area (Å²) < 4.78 is 2.32. The zero-order valence-corrected chi connectivity index (χ0v) is 21.3. The Balaban J connectivity index is 1.38. The molecule has 0 radical (unpaired) electrons.